The van der Waals surface area contributed by atoms with Crippen molar-refractivity contribution >= 4 is 17.7 Å². The molecule has 0 spiro atoms. The lowest BCUT2D eigenvalue weighted by Crippen LogP contribution is -1.97. The van der Waals surface area contributed by atoms with Crippen molar-refractivity contribution in [2.75, 3.05) is 12.4 Å². The lowest BCUT2D eigenvalue weighted by Gasteiger charge is -2.03. The summed E-state index contributed by atoms with van der Waals surface area (Å²) in [7, 11) is 0. The molecule has 0 bridgehead atoms. The summed E-state index contributed by atoms with van der Waals surface area (Å²) in [6.07, 6.45) is 0.144. The molecule has 0 saturated carbocycles. The summed E-state index contributed by atoms with van der Waals surface area (Å²) in [5.41, 5.74) is 0. The van der Waals surface area contributed by atoms with E-state index in [9.17, 15) is 4.79 Å². The maximum absolute atomic E-state index is 10.3. The first kappa shape index (κ1) is 11.8. The molecule has 0 aliphatic heterocycles. The van der Waals surface area contributed by atoms with Gasteiger partial charge in [0.1, 0.15) is 5.03 Å². The van der Waals surface area contributed by atoms with Crippen molar-refractivity contribution in [3.63, 3.8) is 0 Å². The van der Waals surface area contributed by atoms with Crippen molar-refractivity contribution in [1.29, 1.82) is 0 Å². The molecule has 0 amide bonds. The largest absolute Gasteiger partial charge is 0.481 e. The summed E-state index contributed by atoms with van der Waals surface area (Å²) >= 11 is 1.42. The molecule has 0 atom stereocenters. The van der Waals surface area contributed by atoms with Gasteiger partial charge in [-0.15, -0.1) is 11.8 Å². The smallest absolute Gasteiger partial charge is 0.304 e. The van der Waals surface area contributed by atoms with Crippen LogP contribution >= 0.6 is 11.8 Å². The molecule has 1 aromatic heterocycles. The van der Waals surface area contributed by atoms with Crippen molar-refractivity contribution < 1.29 is 14.6 Å². The Morgan fingerprint density at radius 1 is 1.60 bits per heavy atom. The van der Waals surface area contributed by atoms with Crippen LogP contribution in [0.5, 0.6) is 5.88 Å². The van der Waals surface area contributed by atoms with Crippen LogP contribution in [0.2, 0.25) is 0 Å². The molecule has 1 N–H and O–H groups in total. The summed E-state index contributed by atoms with van der Waals surface area (Å²) in [6, 6.07) is 5.47. The van der Waals surface area contributed by atoms with E-state index in [-0.39, 0.29) is 6.42 Å². The zero-order valence-corrected chi connectivity index (χ0v) is 9.29. The molecule has 1 aromatic rings. The minimum Gasteiger partial charge on any atom is -0.481 e. The lowest BCUT2D eigenvalue weighted by atomic mass is 10.5. The molecule has 82 valence electrons. The molecule has 0 aliphatic carbocycles. The van der Waals surface area contributed by atoms with Crippen LogP contribution in [0.15, 0.2) is 23.2 Å². The molecule has 0 fully saturated rings. The first-order valence-electron chi connectivity index (χ1n) is 4.67. The highest BCUT2D eigenvalue weighted by Crippen LogP contribution is 2.19. The number of hydrogen-bond donors (Lipinski definition) is 1. The van der Waals surface area contributed by atoms with Gasteiger partial charge in [0.2, 0.25) is 5.88 Å². The highest BCUT2D eigenvalue weighted by molar-refractivity contribution is 7.99. The standard InChI is InChI=1S/C10H13NO3S/c1-2-14-8-4-3-5-9(11-8)15-7-6-10(12)13/h3-5H,2,6-7H2,1H3,(H,12,13). The third-order valence-corrected chi connectivity index (χ3v) is 2.49. The third-order valence-electron chi connectivity index (χ3n) is 1.56. The van der Waals surface area contributed by atoms with Crippen molar-refractivity contribution in [3.8, 4) is 5.88 Å². The summed E-state index contributed by atoms with van der Waals surface area (Å²) < 4.78 is 5.23. The fraction of sp³-hybridized carbons (Fsp3) is 0.400. The fourth-order valence-corrected chi connectivity index (χ4v) is 1.76. The second-order valence-corrected chi connectivity index (χ2v) is 3.85. The molecule has 0 radical (unpaired) electrons. The van der Waals surface area contributed by atoms with Gasteiger partial charge in [-0.25, -0.2) is 4.98 Å². The van der Waals surface area contributed by atoms with E-state index in [0.717, 1.165) is 5.03 Å². The summed E-state index contributed by atoms with van der Waals surface area (Å²) in [6.45, 7) is 2.47. The van der Waals surface area contributed by atoms with Crippen LogP contribution < -0.4 is 4.74 Å². The number of pyridine rings is 1. The average Bonchev–Trinajstić information content (AvgIpc) is 2.18. The fourth-order valence-electron chi connectivity index (χ4n) is 0.947. The zero-order valence-electron chi connectivity index (χ0n) is 8.47. The Balaban J connectivity index is 2.46. The Morgan fingerprint density at radius 2 is 2.40 bits per heavy atom. The molecule has 4 nitrogen and oxygen atoms in total. The summed E-state index contributed by atoms with van der Waals surface area (Å²) in [5, 5.41) is 9.27. The van der Waals surface area contributed by atoms with Gasteiger partial charge in [0.15, 0.2) is 0 Å². The van der Waals surface area contributed by atoms with Crippen LogP contribution in [0.25, 0.3) is 0 Å². The van der Waals surface area contributed by atoms with Crippen molar-refractivity contribution in [2.45, 2.75) is 18.4 Å². The van der Waals surface area contributed by atoms with Gasteiger partial charge >= 0.3 is 5.97 Å². The van der Waals surface area contributed by atoms with E-state index in [4.69, 9.17) is 9.84 Å². The molecule has 0 saturated heterocycles. The Bertz CT molecular complexity index is 330. The lowest BCUT2D eigenvalue weighted by molar-refractivity contribution is -0.136. The quantitative estimate of drug-likeness (QED) is 0.754. The van der Waals surface area contributed by atoms with E-state index in [2.05, 4.69) is 4.98 Å². The molecule has 15 heavy (non-hydrogen) atoms. The van der Waals surface area contributed by atoms with E-state index in [1.807, 2.05) is 19.1 Å². The molecule has 0 aromatic carbocycles. The third kappa shape index (κ3) is 4.69. The molecular weight excluding hydrogens is 214 g/mol. The first-order valence-corrected chi connectivity index (χ1v) is 5.65. The van der Waals surface area contributed by atoms with Crippen LogP contribution in [-0.2, 0) is 4.79 Å². The van der Waals surface area contributed by atoms with Gasteiger partial charge in [-0.05, 0) is 13.0 Å². The second kappa shape index (κ2) is 6.29. The number of nitrogens with zero attached hydrogens (tertiary/aromatic N) is 1. The van der Waals surface area contributed by atoms with Crippen LogP contribution in [-0.4, -0.2) is 28.4 Å². The van der Waals surface area contributed by atoms with Crippen LogP contribution in [0, 0.1) is 0 Å². The molecule has 1 rings (SSSR count). The van der Waals surface area contributed by atoms with Gasteiger partial charge < -0.3 is 9.84 Å². The molecule has 0 aliphatic rings. The molecule has 0 unspecified atom stereocenters. The van der Waals surface area contributed by atoms with E-state index in [1.54, 1.807) is 6.07 Å². The SMILES string of the molecule is CCOc1cccc(SCCC(=O)O)n1. The minimum atomic E-state index is -0.788. The number of hydrogen-bond acceptors (Lipinski definition) is 4. The van der Waals surface area contributed by atoms with E-state index in [1.165, 1.54) is 11.8 Å². The predicted molar refractivity (Wildman–Crippen MR) is 58.4 cm³/mol. The highest BCUT2D eigenvalue weighted by Gasteiger charge is 2.01. The van der Waals surface area contributed by atoms with Crippen LogP contribution in [0.3, 0.4) is 0 Å². The van der Waals surface area contributed by atoms with Gasteiger partial charge in [-0.3, -0.25) is 4.79 Å². The Hall–Kier alpha value is -1.23. The number of rotatable bonds is 6. The number of aromatic nitrogens is 1. The van der Waals surface area contributed by atoms with Gasteiger partial charge in [0, 0.05) is 11.8 Å². The number of ether oxygens (including phenoxy) is 1. The number of carbonyl (C=O) groups is 1. The van der Waals surface area contributed by atoms with Crippen LogP contribution in [0.4, 0.5) is 0 Å². The Kier molecular flexibility index (Phi) is 4.97. The van der Waals surface area contributed by atoms with Crippen molar-refractivity contribution in [2.24, 2.45) is 0 Å². The Labute approximate surface area is 92.7 Å². The predicted octanol–water partition coefficient (Wildman–Crippen LogP) is 2.05. The molecular formula is C10H13NO3S. The van der Waals surface area contributed by atoms with E-state index >= 15 is 0 Å². The topological polar surface area (TPSA) is 59.4 Å². The van der Waals surface area contributed by atoms with Crippen LogP contribution in [0.1, 0.15) is 13.3 Å². The monoisotopic (exact) mass is 227 g/mol. The highest BCUT2D eigenvalue weighted by atomic mass is 32.2. The minimum absolute atomic E-state index is 0.144. The van der Waals surface area contributed by atoms with Gasteiger partial charge in [0.25, 0.3) is 0 Å². The maximum Gasteiger partial charge on any atom is 0.304 e. The molecule has 1 heterocycles. The van der Waals surface area contributed by atoms with Gasteiger partial charge in [-0.2, -0.15) is 0 Å². The number of thioether (sulfide) groups is 1. The second-order valence-electron chi connectivity index (χ2n) is 2.74. The van der Waals surface area contributed by atoms with Gasteiger partial charge in [-0.1, -0.05) is 6.07 Å². The maximum atomic E-state index is 10.3. The van der Waals surface area contributed by atoms with Gasteiger partial charge in [0.05, 0.1) is 13.0 Å². The average molecular weight is 227 g/mol. The molecule has 5 heteroatoms. The van der Waals surface area contributed by atoms with Crippen molar-refractivity contribution in [1.82, 2.24) is 4.98 Å². The number of aliphatic carboxylic acids is 1. The number of carboxylic acid groups (broad SMARTS) is 1. The summed E-state index contributed by atoms with van der Waals surface area (Å²) in [5.74, 6) is 0.319. The first-order chi connectivity index (χ1) is 7.22. The van der Waals surface area contributed by atoms with E-state index < -0.39 is 5.97 Å². The zero-order chi connectivity index (χ0) is 11.1. The summed E-state index contributed by atoms with van der Waals surface area (Å²) in [4.78, 5) is 14.5. The Morgan fingerprint density at radius 3 is 3.07 bits per heavy atom. The number of carboxylic acids is 1. The van der Waals surface area contributed by atoms with E-state index in [0.29, 0.717) is 18.2 Å². The normalized spacial score (nSPS) is 9.93. The van der Waals surface area contributed by atoms with Crippen molar-refractivity contribution in [3.05, 3.63) is 18.2 Å².